The fourth-order valence-corrected chi connectivity index (χ4v) is 5.63. The first kappa shape index (κ1) is 14.4. The van der Waals surface area contributed by atoms with Crippen LogP contribution in [-0.2, 0) is 0 Å². The Kier molecular flexibility index (Phi) is 3.72. The summed E-state index contributed by atoms with van der Waals surface area (Å²) in [5, 5.41) is 5.13. The molecule has 3 heteroatoms. The molecule has 0 saturated heterocycles. The fourth-order valence-electron chi connectivity index (χ4n) is 5.32. The molecule has 0 heterocycles. The molecule has 0 amide bonds. The van der Waals surface area contributed by atoms with Crippen LogP contribution in [0.25, 0.3) is 0 Å². The van der Waals surface area contributed by atoms with Gasteiger partial charge in [-0.3, -0.25) is 0 Å². The highest BCUT2D eigenvalue weighted by Gasteiger charge is 2.66. The second-order valence-corrected chi connectivity index (χ2v) is 7.99. The third-order valence-corrected chi connectivity index (χ3v) is 6.84. The minimum Gasteiger partial charge on any atom is -0.310 e. The Hall–Kier alpha value is -0.240. The standard InChI is InChI=1S/C18H23Cl2N/c1-2-7-21-18(12-5-6-13(19)14(20)9-12)17-15-10-3-4-11(8-10)16(15)17/h5-6,9-11,15-18,21H,2-4,7-8H2,1H3. The van der Waals surface area contributed by atoms with E-state index in [0.717, 1.165) is 36.1 Å². The van der Waals surface area contributed by atoms with Crippen LogP contribution in [0.5, 0.6) is 0 Å². The molecule has 3 aliphatic rings. The predicted molar refractivity (Wildman–Crippen MR) is 88.8 cm³/mol. The second-order valence-electron chi connectivity index (χ2n) is 7.17. The number of nitrogens with one attached hydrogen (secondary N) is 1. The van der Waals surface area contributed by atoms with Gasteiger partial charge in [0.15, 0.2) is 0 Å². The molecule has 3 fully saturated rings. The molecule has 1 aromatic rings. The third kappa shape index (κ3) is 2.33. The fraction of sp³-hybridized carbons (Fsp3) is 0.667. The molecule has 0 spiro atoms. The number of halogens is 2. The first-order valence-corrected chi connectivity index (χ1v) is 9.14. The first-order valence-electron chi connectivity index (χ1n) is 8.39. The molecule has 1 N–H and O–H groups in total. The van der Waals surface area contributed by atoms with Crippen molar-refractivity contribution in [1.29, 1.82) is 0 Å². The van der Waals surface area contributed by atoms with Crippen molar-refractivity contribution >= 4 is 23.2 Å². The Balaban J connectivity index is 1.59. The van der Waals surface area contributed by atoms with Crippen molar-refractivity contribution in [3.8, 4) is 0 Å². The lowest BCUT2D eigenvalue weighted by Crippen LogP contribution is -2.26. The molecule has 0 aromatic heterocycles. The summed E-state index contributed by atoms with van der Waals surface area (Å²) in [6.07, 6.45) is 5.63. The Morgan fingerprint density at radius 3 is 2.48 bits per heavy atom. The van der Waals surface area contributed by atoms with E-state index >= 15 is 0 Å². The molecule has 114 valence electrons. The molecular formula is C18H23Cl2N. The van der Waals surface area contributed by atoms with Gasteiger partial charge in [-0.15, -0.1) is 0 Å². The van der Waals surface area contributed by atoms with E-state index in [-0.39, 0.29) is 0 Å². The van der Waals surface area contributed by atoms with Gasteiger partial charge in [0.2, 0.25) is 0 Å². The zero-order valence-electron chi connectivity index (χ0n) is 12.5. The van der Waals surface area contributed by atoms with Gasteiger partial charge in [-0.25, -0.2) is 0 Å². The Morgan fingerprint density at radius 2 is 1.86 bits per heavy atom. The van der Waals surface area contributed by atoms with Crippen LogP contribution in [0.1, 0.15) is 44.2 Å². The maximum atomic E-state index is 6.25. The van der Waals surface area contributed by atoms with Gasteiger partial charge in [-0.1, -0.05) is 36.2 Å². The largest absolute Gasteiger partial charge is 0.310 e. The summed E-state index contributed by atoms with van der Waals surface area (Å²) in [5.41, 5.74) is 1.33. The topological polar surface area (TPSA) is 12.0 Å². The molecule has 4 rings (SSSR count). The van der Waals surface area contributed by atoms with Gasteiger partial charge in [-0.2, -0.15) is 0 Å². The first-order chi connectivity index (χ1) is 10.2. The molecule has 3 aliphatic carbocycles. The minimum atomic E-state index is 0.470. The number of fused-ring (bicyclic) bond motifs is 5. The number of hydrogen-bond acceptors (Lipinski definition) is 1. The molecule has 5 unspecified atom stereocenters. The Morgan fingerprint density at radius 1 is 1.14 bits per heavy atom. The average molecular weight is 324 g/mol. The van der Waals surface area contributed by atoms with Gasteiger partial charge in [-0.05, 0) is 79.5 Å². The zero-order valence-corrected chi connectivity index (χ0v) is 14.0. The molecule has 0 radical (unpaired) electrons. The summed E-state index contributed by atoms with van der Waals surface area (Å²) in [4.78, 5) is 0. The smallest absolute Gasteiger partial charge is 0.0595 e. The van der Waals surface area contributed by atoms with Gasteiger partial charge < -0.3 is 5.32 Å². The maximum absolute atomic E-state index is 6.25. The van der Waals surface area contributed by atoms with Crippen LogP contribution >= 0.6 is 23.2 Å². The van der Waals surface area contributed by atoms with Crippen molar-refractivity contribution < 1.29 is 0 Å². The molecule has 2 bridgehead atoms. The van der Waals surface area contributed by atoms with Crippen LogP contribution in [0, 0.1) is 29.6 Å². The minimum absolute atomic E-state index is 0.470. The summed E-state index contributed by atoms with van der Waals surface area (Å²) in [5.74, 6) is 4.82. The summed E-state index contributed by atoms with van der Waals surface area (Å²) in [6.45, 7) is 3.31. The van der Waals surface area contributed by atoms with E-state index in [2.05, 4.69) is 24.4 Å². The quantitative estimate of drug-likeness (QED) is 0.772. The monoisotopic (exact) mass is 323 g/mol. The Bertz CT molecular complexity index is 528. The van der Waals surface area contributed by atoms with Crippen LogP contribution in [0.15, 0.2) is 18.2 Å². The summed E-state index contributed by atoms with van der Waals surface area (Å²) >= 11 is 12.3. The number of benzene rings is 1. The van der Waals surface area contributed by atoms with E-state index in [4.69, 9.17) is 23.2 Å². The summed E-state index contributed by atoms with van der Waals surface area (Å²) in [7, 11) is 0. The van der Waals surface area contributed by atoms with Crippen molar-refractivity contribution in [3.63, 3.8) is 0 Å². The predicted octanol–water partition coefficient (Wildman–Crippen LogP) is 5.33. The van der Waals surface area contributed by atoms with E-state index < -0.39 is 0 Å². The van der Waals surface area contributed by atoms with Crippen LogP contribution in [-0.4, -0.2) is 6.54 Å². The average Bonchev–Trinajstić information content (AvgIpc) is 2.90. The van der Waals surface area contributed by atoms with Crippen LogP contribution in [0.3, 0.4) is 0 Å². The van der Waals surface area contributed by atoms with E-state index in [1.165, 1.54) is 31.2 Å². The maximum Gasteiger partial charge on any atom is 0.0595 e. The number of hydrogen-bond donors (Lipinski definition) is 1. The zero-order chi connectivity index (χ0) is 14.6. The van der Waals surface area contributed by atoms with E-state index in [1.54, 1.807) is 0 Å². The highest BCUT2D eigenvalue weighted by atomic mass is 35.5. The number of rotatable bonds is 5. The van der Waals surface area contributed by atoms with Crippen molar-refractivity contribution in [2.75, 3.05) is 6.54 Å². The van der Waals surface area contributed by atoms with Crippen LogP contribution in [0.2, 0.25) is 10.0 Å². The molecular weight excluding hydrogens is 301 g/mol. The lowest BCUT2D eigenvalue weighted by atomic mass is 9.93. The van der Waals surface area contributed by atoms with Crippen molar-refractivity contribution in [3.05, 3.63) is 33.8 Å². The lowest BCUT2D eigenvalue weighted by molar-refractivity contribution is 0.370. The van der Waals surface area contributed by atoms with Crippen LogP contribution < -0.4 is 5.32 Å². The van der Waals surface area contributed by atoms with Gasteiger partial charge in [0.1, 0.15) is 0 Å². The molecule has 3 saturated carbocycles. The molecule has 21 heavy (non-hydrogen) atoms. The van der Waals surface area contributed by atoms with Gasteiger partial charge in [0.05, 0.1) is 10.0 Å². The van der Waals surface area contributed by atoms with Gasteiger partial charge in [0.25, 0.3) is 0 Å². The summed E-state index contributed by atoms with van der Waals surface area (Å²) < 4.78 is 0. The van der Waals surface area contributed by atoms with Gasteiger partial charge >= 0.3 is 0 Å². The van der Waals surface area contributed by atoms with Crippen molar-refractivity contribution in [2.24, 2.45) is 29.6 Å². The molecule has 1 nitrogen and oxygen atoms in total. The second kappa shape index (κ2) is 5.44. The highest BCUT2D eigenvalue weighted by Crippen LogP contribution is 2.72. The molecule has 5 atom stereocenters. The highest BCUT2D eigenvalue weighted by molar-refractivity contribution is 6.42. The van der Waals surface area contributed by atoms with Crippen LogP contribution in [0.4, 0.5) is 0 Å². The van der Waals surface area contributed by atoms with E-state index in [1.807, 2.05) is 6.07 Å². The SMILES string of the molecule is CCCNC(c1ccc(Cl)c(Cl)c1)C1C2C3CCC(C3)C21. The lowest BCUT2D eigenvalue weighted by Gasteiger charge is -2.23. The van der Waals surface area contributed by atoms with Crippen molar-refractivity contribution in [2.45, 2.75) is 38.6 Å². The van der Waals surface area contributed by atoms with Gasteiger partial charge in [0, 0.05) is 6.04 Å². The van der Waals surface area contributed by atoms with Crippen molar-refractivity contribution in [1.82, 2.24) is 5.32 Å². The third-order valence-electron chi connectivity index (χ3n) is 6.10. The van der Waals surface area contributed by atoms with E-state index in [9.17, 15) is 0 Å². The molecule has 1 aromatic carbocycles. The molecule has 0 aliphatic heterocycles. The summed E-state index contributed by atoms with van der Waals surface area (Å²) in [6, 6.07) is 6.66. The van der Waals surface area contributed by atoms with E-state index in [0.29, 0.717) is 16.1 Å². The Labute approximate surface area is 137 Å². The normalized spacial score (nSPS) is 37.6.